The van der Waals surface area contributed by atoms with Crippen molar-refractivity contribution in [3.05, 3.63) is 30.5 Å². The fourth-order valence-corrected chi connectivity index (χ4v) is 3.40. The monoisotopic (exact) mass is 298 g/mol. The molecule has 1 N–H and O–H groups in total. The fraction of sp³-hybridized carbons (Fsp3) is 0.333. The van der Waals surface area contributed by atoms with E-state index in [9.17, 15) is 13.2 Å². The summed E-state index contributed by atoms with van der Waals surface area (Å²) >= 11 is 0. The van der Waals surface area contributed by atoms with Gasteiger partial charge in [-0.15, -0.1) is 0 Å². The molecule has 2 heterocycles. The SMILES string of the molecule is COc1ccc(S(=O)(=O)N2CC=CCC2C(=O)O)cn1. The zero-order valence-electron chi connectivity index (χ0n) is 10.8. The van der Waals surface area contributed by atoms with Gasteiger partial charge in [-0.05, 0) is 12.5 Å². The first-order valence-electron chi connectivity index (χ1n) is 5.86. The molecule has 0 saturated carbocycles. The van der Waals surface area contributed by atoms with E-state index < -0.39 is 22.0 Å². The van der Waals surface area contributed by atoms with Gasteiger partial charge in [-0.3, -0.25) is 4.79 Å². The Bertz CT molecular complexity index is 624. The molecule has 1 aromatic rings. The third-order valence-electron chi connectivity index (χ3n) is 2.97. The van der Waals surface area contributed by atoms with Crippen LogP contribution in [0.3, 0.4) is 0 Å². The van der Waals surface area contributed by atoms with Gasteiger partial charge in [0.05, 0.1) is 13.3 Å². The highest BCUT2D eigenvalue weighted by atomic mass is 32.2. The Labute approximate surface area is 116 Å². The molecule has 1 aliphatic rings. The molecule has 1 atom stereocenters. The number of aromatic nitrogens is 1. The molecular weight excluding hydrogens is 284 g/mol. The second kappa shape index (κ2) is 5.59. The lowest BCUT2D eigenvalue weighted by Crippen LogP contribution is -2.46. The van der Waals surface area contributed by atoms with Gasteiger partial charge in [-0.2, -0.15) is 4.31 Å². The molecule has 0 fully saturated rings. The van der Waals surface area contributed by atoms with Crippen LogP contribution < -0.4 is 4.74 Å². The molecule has 1 unspecified atom stereocenters. The van der Waals surface area contributed by atoms with Crippen LogP contribution >= 0.6 is 0 Å². The van der Waals surface area contributed by atoms with Gasteiger partial charge in [-0.1, -0.05) is 12.2 Å². The molecule has 1 aliphatic heterocycles. The minimum Gasteiger partial charge on any atom is -0.481 e. The van der Waals surface area contributed by atoms with Gasteiger partial charge in [0, 0.05) is 12.6 Å². The maximum absolute atomic E-state index is 12.4. The normalized spacial score (nSPS) is 19.8. The van der Waals surface area contributed by atoms with Crippen LogP contribution in [-0.4, -0.2) is 48.5 Å². The van der Waals surface area contributed by atoms with E-state index >= 15 is 0 Å². The quantitative estimate of drug-likeness (QED) is 0.813. The minimum atomic E-state index is -3.90. The standard InChI is InChI=1S/C12H14N2O5S/c1-19-11-6-5-9(8-13-11)20(17,18)14-7-3-2-4-10(14)12(15)16/h2-3,5-6,8,10H,4,7H2,1H3,(H,15,16). The number of carboxylic acids is 1. The molecular formula is C12H14N2O5S. The summed E-state index contributed by atoms with van der Waals surface area (Å²) in [4.78, 5) is 14.9. The van der Waals surface area contributed by atoms with E-state index in [4.69, 9.17) is 9.84 Å². The molecule has 0 saturated heterocycles. The number of sulfonamides is 1. The van der Waals surface area contributed by atoms with Gasteiger partial charge in [0.1, 0.15) is 10.9 Å². The van der Waals surface area contributed by atoms with Crippen LogP contribution in [-0.2, 0) is 14.8 Å². The molecule has 7 nitrogen and oxygen atoms in total. The molecule has 0 radical (unpaired) electrons. The highest BCUT2D eigenvalue weighted by Gasteiger charge is 2.36. The highest BCUT2D eigenvalue weighted by molar-refractivity contribution is 7.89. The fourth-order valence-electron chi connectivity index (χ4n) is 1.91. The molecule has 0 aromatic carbocycles. The maximum atomic E-state index is 12.4. The lowest BCUT2D eigenvalue weighted by atomic mass is 10.1. The Morgan fingerprint density at radius 1 is 1.45 bits per heavy atom. The number of ether oxygens (including phenoxy) is 1. The van der Waals surface area contributed by atoms with Crippen molar-refractivity contribution in [2.75, 3.05) is 13.7 Å². The Morgan fingerprint density at radius 3 is 2.75 bits per heavy atom. The van der Waals surface area contributed by atoms with E-state index in [2.05, 4.69) is 4.98 Å². The van der Waals surface area contributed by atoms with Crippen LogP contribution in [0.25, 0.3) is 0 Å². The molecule has 20 heavy (non-hydrogen) atoms. The summed E-state index contributed by atoms with van der Waals surface area (Å²) < 4.78 is 30.7. The van der Waals surface area contributed by atoms with Gasteiger partial charge in [-0.25, -0.2) is 13.4 Å². The summed E-state index contributed by atoms with van der Waals surface area (Å²) in [7, 11) is -2.48. The average Bonchev–Trinajstić information content (AvgIpc) is 2.47. The number of hydrogen-bond acceptors (Lipinski definition) is 5. The molecule has 0 aliphatic carbocycles. The largest absolute Gasteiger partial charge is 0.481 e. The van der Waals surface area contributed by atoms with Gasteiger partial charge >= 0.3 is 5.97 Å². The molecule has 2 rings (SSSR count). The summed E-state index contributed by atoms with van der Waals surface area (Å²) in [6.45, 7) is 0.0331. The lowest BCUT2D eigenvalue weighted by molar-refractivity contribution is -0.141. The summed E-state index contributed by atoms with van der Waals surface area (Å²) in [5.74, 6) is -0.878. The lowest BCUT2D eigenvalue weighted by Gasteiger charge is -2.28. The number of carboxylic acid groups (broad SMARTS) is 1. The third kappa shape index (κ3) is 2.66. The zero-order chi connectivity index (χ0) is 14.8. The van der Waals surface area contributed by atoms with E-state index in [1.54, 1.807) is 12.2 Å². The second-order valence-electron chi connectivity index (χ2n) is 4.17. The minimum absolute atomic E-state index is 0.0331. The predicted molar refractivity (Wildman–Crippen MR) is 69.9 cm³/mol. The summed E-state index contributed by atoms with van der Waals surface area (Å²) in [5.41, 5.74) is 0. The first-order valence-corrected chi connectivity index (χ1v) is 7.30. The third-order valence-corrected chi connectivity index (χ3v) is 4.83. The van der Waals surface area contributed by atoms with E-state index in [0.29, 0.717) is 0 Å². The predicted octanol–water partition coefficient (Wildman–Crippen LogP) is 0.494. The van der Waals surface area contributed by atoms with Crippen LogP contribution in [0.15, 0.2) is 35.4 Å². The van der Waals surface area contributed by atoms with Crippen molar-refractivity contribution < 1.29 is 23.1 Å². The van der Waals surface area contributed by atoms with Crippen molar-refractivity contribution in [1.82, 2.24) is 9.29 Å². The zero-order valence-corrected chi connectivity index (χ0v) is 11.6. The van der Waals surface area contributed by atoms with Gasteiger partial charge in [0.2, 0.25) is 15.9 Å². The first-order chi connectivity index (χ1) is 9.46. The number of nitrogens with zero attached hydrogens (tertiary/aromatic N) is 2. The van der Waals surface area contributed by atoms with E-state index in [-0.39, 0.29) is 23.7 Å². The van der Waals surface area contributed by atoms with Crippen molar-refractivity contribution in [2.24, 2.45) is 0 Å². The van der Waals surface area contributed by atoms with Crippen molar-refractivity contribution in [1.29, 1.82) is 0 Å². The smallest absolute Gasteiger partial charge is 0.322 e. The van der Waals surface area contributed by atoms with Crippen LogP contribution in [0.1, 0.15) is 6.42 Å². The summed E-state index contributed by atoms with van der Waals surface area (Å²) in [5, 5.41) is 9.13. The number of hydrogen-bond donors (Lipinski definition) is 1. The van der Waals surface area contributed by atoms with E-state index in [1.807, 2.05) is 0 Å². The van der Waals surface area contributed by atoms with Crippen molar-refractivity contribution in [3.63, 3.8) is 0 Å². The van der Waals surface area contributed by atoms with E-state index in [1.165, 1.54) is 19.2 Å². The van der Waals surface area contributed by atoms with Crippen molar-refractivity contribution in [2.45, 2.75) is 17.4 Å². The van der Waals surface area contributed by atoms with Crippen LogP contribution in [0.4, 0.5) is 0 Å². The molecule has 8 heteroatoms. The Balaban J connectivity index is 2.37. The number of aliphatic carboxylic acids is 1. The Kier molecular flexibility index (Phi) is 4.05. The second-order valence-corrected chi connectivity index (χ2v) is 6.06. The Morgan fingerprint density at radius 2 is 2.20 bits per heavy atom. The molecule has 0 bridgehead atoms. The summed E-state index contributed by atoms with van der Waals surface area (Å²) in [6.07, 6.45) is 4.61. The van der Waals surface area contributed by atoms with Crippen LogP contribution in [0, 0.1) is 0 Å². The maximum Gasteiger partial charge on any atom is 0.322 e. The number of carbonyl (C=O) groups is 1. The van der Waals surface area contributed by atoms with Crippen LogP contribution in [0.5, 0.6) is 5.88 Å². The Hall–Kier alpha value is -1.93. The molecule has 108 valence electrons. The molecule has 0 amide bonds. The first kappa shape index (κ1) is 14.5. The van der Waals surface area contributed by atoms with Crippen LogP contribution in [0.2, 0.25) is 0 Å². The summed E-state index contributed by atoms with van der Waals surface area (Å²) in [6, 6.07) is 1.67. The highest BCUT2D eigenvalue weighted by Crippen LogP contribution is 2.23. The number of pyridine rings is 1. The van der Waals surface area contributed by atoms with Crippen molar-refractivity contribution >= 4 is 16.0 Å². The molecule has 0 spiro atoms. The number of methoxy groups -OCH3 is 1. The number of rotatable bonds is 4. The average molecular weight is 298 g/mol. The van der Waals surface area contributed by atoms with E-state index in [0.717, 1.165) is 10.5 Å². The van der Waals surface area contributed by atoms with Gasteiger partial charge < -0.3 is 9.84 Å². The molecule has 1 aromatic heterocycles. The van der Waals surface area contributed by atoms with Gasteiger partial charge in [0.25, 0.3) is 0 Å². The van der Waals surface area contributed by atoms with Gasteiger partial charge in [0.15, 0.2) is 0 Å². The van der Waals surface area contributed by atoms with Crippen molar-refractivity contribution in [3.8, 4) is 5.88 Å². The topological polar surface area (TPSA) is 96.8 Å².